The van der Waals surface area contributed by atoms with Gasteiger partial charge in [-0.25, -0.2) is 0 Å². The number of hydrogen-bond acceptors (Lipinski definition) is 5. The summed E-state index contributed by atoms with van der Waals surface area (Å²) in [5.74, 6) is 0. The Balaban J connectivity index is 0. The SMILES string of the molecule is OB(O)O.OCCCCO. The molecule has 0 saturated carbocycles. The Morgan fingerprint density at radius 2 is 1.00 bits per heavy atom. The van der Waals surface area contributed by atoms with E-state index in [4.69, 9.17) is 25.3 Å². The van der Waals surface area contributed by atoms with Gasteiger partial charge in [-0.3, -0.25) is 0 Å². The van der Waals surface area contributed by atoms with Crippen LogP contribution < -0.4 is 0 Å². The Labute approximate surface area is 59.7 Å². The minimum Gasteiger partial charge on any atom is -0.402 e. The normalized spacial score (nSPS) is 8.10. The average molecular weight is 152 g/mol. The lowest BCUT2D eigenvalue weighted by Crippen LogP contribution is -2.07. The Bertz CT molecular complexity index is 44.2. The van der Waals surface area contributed by atoms with E-state index in [0.29, 0.717) is 0 Å². The maximum atomic E-state index is 8.09. The first-order valence-corrected chi connectivity index (χ1v) is 2.91. The van der Waals surface area contributed by atoms with Gasteiger partial charge in [-0.2, -0.15) is 0 Å². The lowest BCUT2D eigenvalue weighted by atomic mass is 10.3. The van der Waals surface area contributed by atoms with Gasteiger partial charge in [0.2, 0.25) is 0 Å². The summed E-state index contributed by atoms with van der Waals surface area (Å²) >= 11 is 0. The zero-order valence-electron chi connectivity index (χ0n) is 5.64. The highest BCUT2D eigenvalue weighted by Crippen LogP contribution is 1.80. The molecule has 0 saturated heterocycles. The Morgan fingerprint density at radius 1 is 0.800 bits per heavy atom. The second-order valence-corrected chi connectivity index (χ2v) is 1.50. The van der Waals surface area contributed by atoms with Crippen LogP contribution in [0.15, 0.2) is 0 Å². The predicted octanol–water partition coefficient (Wildman–Crippen LogP) is -2.30. The third-order valence-corrected chi connectivity index (χ3v) is 0.566. The molecule has 0 aliphatic carbocycles. The van der Waals surface area contributed by atoms with Crippen LogP contribution in [0.1, 0.15) is 12.8 Å². The highest BCUT2D eigenvalue weighted by molar-refractivity contribution is 6.30. The van der Waals surface area contributed by atoms with Crippen LogP contribution in [0.4, 0.5) is 0 Å². The largest absolute Gasteiger partial charge is 0.631 e. The molecule has 0 rings (SSSR count). The van der Waals surface area contributed by atoms with Crippen molar-refractivity contribution in [3.8, 4) is 0 Å². The van der Waals surface area contributed by atoms with E-state index in [1.54, 1.807) is 0 Å². The monoisotopic (exact) mass is 152 g/mol. The third kappa shape index (κ3) is 45.2. The summed E-state index contributed by atoms with van der Waals surface area (Å²) < 4.78 is 0. The predicted molar refractivity (Wildman–Crippen MR) is 35.8 cm³/mol. The van der Waals surface area contributed by atoms with Gasteiger partial charge in [0.25, 0.3) is 0 Å². The molecular formula is C4H13BO5. The Kier molecular flexibility index (Phi) is 14.6. The fourth-order valence-electron chi connectivity index (χ4n) is 0.224. The Morgan fingerprint density at radius 3 is 1.10 bits per heavy atom. The lowest BCUT2D eigenvalue weighted by Gasteiger charge is -1.85. The van der Waals surface area contributed by atoms with Gasteiger partial charge in [0, 0.05) is 13.2 Å². The van der Waals surface area contributed by atoms with Crippen molar-refractivity contribution in [2.45, 2.75) is 12.8 Å². The fraction of sp³-hybridized carbons (Fsp3) is 1.00. The van der Waals surface area contributed by atoms with Gasteiger partial charge in [0.05, 0.1) is 0 Å². The number of unbranched alkanes of at least 4 members (excludes halogenated alkanes) is 1. The summed E-state index contributed by atoms with van der Waals surface area (Å²) in [5.41, 5.74) is 0. The molecule has 0 aromatic carbocycles. The van der Waals surface area contributed by atoms with Crippen LogP contribution in [0.3, 0.4) is 0 Å². The van der Waals surface area contributed by atoms with Crippen molar-refractivity contribution in [1.82, 2.24) is 0 Å². The molecule has 0 radical (unpaired) electrons. The first-order valence-electron chi connectivity index (χ1n) is 2.91. The molecule has 62 valence electrons. The quantitative estimate of drug-likeness (QED) is 0.231. The number of rotatable bonds is 3. The van der Waals surface area contributed by atoms with Crippen LogP contribution in [0.2, 0.25) is 0 Å². The van der Waals surface area contributed by atoms with E-state index in [-0.39, 0.29) is 13.2 Å². The molecule has 0 aliphatic heterocycles. The Hall–Kier alpha value is -0.135. The van der Waals surface area contributed by atoms with Gasteiger partial charge in [-0.15, -0.1) is 0 Å². The average Bonchev–Trinajstić information content (AvgIpc) is 1.82. The molecule has 0 spiro atoms. The molecule has 0 fully saturated rings. The third-order valence-electron chi connectivity index (χ3n) is 0.566. The van der Waals surface area contributed by atoms with E-state index in [1.165, 1.54) is 0 Å². The topological polar surface area (TPSA) is 101 Å². The van der Waals surface area contributed by atoms with Crippen molar-refractivity contribution in [3.63, 3.8) is 0 Å². The first-order chi connectivity index (χ1) is 4.65. The van der Waals surface area contributed by atoms with Gasteiger partial charge in [0.1, 0.15) is 0 Å². The van der Waals surface area contributed by atoms with Gasteiger partial charge < -0.3 is 25.3 Å². The van der Waals surface area contributed by atoms with Crippen molar-refractivity contribution in [2.24, 2.45) is 0 Å². The molecule has 5 nitrogen and oxygen atoms in total. The minimum atomic E-state index is -2.17. The van der Waals surface area contributed by atoms with Crippen molar-refractivity contribution in [2.75, 3.05) is 13.2 Å². The summed E-state index contributed by atoms with van der Waals surface area (Å²) in [6.07, 6.45) is 1.44. The number of hydrogen-bond donors (Lipinski definition) is 5. The summed E-state index contributed by atoms with van der Waals surface area (Å²) in [7, 11) is -2.17. The summed E-state index contributed by atoms with van der Waals surface area (Å²) in [6.45, 7) is 0.390. The minimum absolute atomic E-state index is 0.195. The van der Waals surface area contributed by atoms with E-state index < -0.39 is 7.32 Å². The fourth-order valence-corrected chi connectivity index (χ4v) is 0.224. The van der Waals surface area contributed by atoms with Crippen molar-refractivity contribution in [1.29, 1.82) is 0 Å². The molecule has 0 amide bonds. The van der Waals surface area contributed by atoms with E-state index in [0.717, 1.165) is 12.8 Å². The maximum absolute atomic E-state index is 8.09. The van der Waals surface area contributed by atoms with Crippen molar-refractivity contribution >= 4 is 7.32 Å². The summed E-state index contributed by atoms with van der Waals surface area (Å²) in [4.78, 5) is 0. The van der Waals surface area contributed by atoms with Crippen LogP contribution >= 0.6 is 0 Å². The van der Waals surface area contributed by atoms with Gasteiger partial charge >= 0.3 is 7.32 Å². The molecule has 0 unspecified atom stereocenters. The summed E-state index contributed by atoms with van der Waals surface area (Å²) in [6, 6.07) is 0. The second-order valence-electron chi connectivity index (χ2n) is 1.50. The highest BCUT2D eigenvalue weighted by atomic mass is 16.5. The zero-order chi connectivity index (χ0) is 8.41. The number of aliphatic hydroxyl groups excluding tert-OH is 2. The van der Waals surface area contributed by atoms with Crippen LogP contribution in [-0.2, 0) is 0 Å². The smallest absolute Gasteiger partial charge is 0.402 e. The van der Waals surface area contributed by atoms with Crippen molar-refractivity contribution < 1.29 is 25.3 Å². The van der Waals surface area contributed by atoms with Crippen LogP contribution in [-0.4, -0.2) is 45.8 Å². The molecular weight excluding hydrogens is 139 g/mol. The van der Waals surface area contributed by atoms with Gasteiger partial charge in [0.15, 0.2) is 0 Å². The molecule has 0 bridgehead atoms. The van der Waals surface area contributed by atoms with E-state index in [9.17, 15) is 0 Å². The molecule has 10 heavy (non-hydrogen) atoms. The number of aliphatic hydroxyl groups is 2. The molecule has 0 heterocycles. The summed E-state index contributed by atoms with van der Waals surface area (Å²) in [5, 5.41) is 37.7. The molecule has 0 atom stereocenters. The lowest BCUT2D eigenvalue weighted by molar-refractivity contribution is 0.242. The van der Waals surface area contributed by atoms with Crippen molar-refractivity contribution in [3.05, 3.63) is 0 Å². The highest BCUT2D eigenvalue weighted by Gasteiger charge is 1.92. The molecule has 0 aromatic rings. The second kappa shape index (κ2) is 11.6. The van der Waals surface area contributed by atoms with E-state index in [1.807, 2.05) is 0 Å². The van der Waals surface area contributed by atoms with E-state index >= 15 is 0 Å². The maximum Gasteiger partial charge on any atom is 0.631 e. The van der Waals surface area contributed by atoms with E-state index in [2.05, 4.69) is 0 Å². The molecule has 6 heteroatoms. The van der Waals surface area contributed by atoms with Crippen LogP contribution in [0.25, 0.3) is 0 Å². The first kappa shape index (κ1) is 12.5. The van der Waals surface area contributed by atoms with Crippen LogP contribution in [0, 0.1) is 0 Å². The molecule has 5 N–H and O–H groups in total. The zero-order valence-corrected chi connectivity index (χ0v) is 5.64. The van der Waals surface area contributed by atoms with Gasteiger partial charge in [-0.1, -0.05) is 0 Å². The molecule has 0 aromatic heterocycles. The molecule has 0 aliphatic rings. The standard InChI is InChI=1S/C4H10O2.BH3O3/c5-3-1-2-4-6;2-1(3)4/h5-6H,1-4H2;2-4H. The van der Waals surface area contributed by atoms with Crippen LogP contribution in [0.5, 0.6) is 0 Å². The van der Waals surface area contributed by atoms with Gasteiger partial charge in [-0.05, 0) is 12.8 Å².